The highest BCUT2D eigenvalue weighted by molar-refractivity contribution is 5.71. The molecule has 0 amide bonds. The van der Waals surface area contributed by atoms with Gasteiger partial charge in [0.15, 0.2) is 0 Å². The molecular weight excluding hydrogens is 221 g/mol. The maximum atomic E-state index is 12.9. The summed E-state index contributed by atoms with van der Waals surface area (Å²) in [6.07, 6.45) is 2.58. The zero-order valence-electron chi connectivity index (χ0n) is 9.53. The lowest BCUT2D eigenvalue weighted by atomic mass is 9.90. The number of carbonyl (C=O) groups is 1. The van der Waals surface area contributed by atoms with Gasteiger partial charge in [0.1, 0.15) is 5.82 Å². The summed E-state index contributed by atoms with van der Waals surface area (Å²) in [6, 6.07) is 5.86. The summed E-state index contributed by atoms with van der Waals surface area (Å²) in [7, 11) is 0. The Labute approximate surface area is 99.7 Å². The van der Waals surface area contributed by atoms with Gasteiger partial charge < -0.3 is 10.4 Å². The average Bonchev–Trinajstić information content (AvgIpc) is 2.55. The van der Waals surface area contributed by atoms with Crippen LogP contribution in [0.15, 0.2) is 24.3 Å². The van der Waals surface area contributed by atoms with Crippen molar-refractivity contribution in [3.63, 3.8) is 0 Å². The third-order valence-electron chi connectivity index (χ3n) is 3.25. The molecule has 0 bridgehead atoms. The van der Waals surface area contributed by atoms with E-state index in [4.69, 9.17) is 0 Å². The minimum atomic E-state index is -0.784. The third-order valence-corrected chi connectivity index (χ3v) is 3.25. The predicted molar refractivity (Wildman–Crippen MR) is 62.1 cm³/mol. The fourth-order valence-corrected chi connectivity index (χ4v) is 2.34. The molecule has 92 valence electrons. The van der Waals surface area contributed by atoms with Gasteiger partial charge in [0.25, 0.3) is 0 Å². The molecule has 1 aromatic rings. The van der Waals surface area contributed by atoms with Crippen molar-refractivity contribution in [3.05, 3.63) is 35.6 Å². The monoisotopic (exact) mass is 237 g/mol. The van der Waals surface area contributed by atoms with Gasteiger partial charge in [-0.1, -0.05) is 18.6 Å². The molecule has 4 heteroatoms. The summed E-state index contributed by atoms with van der Waals surface area (Å²) >= 11 is 0. The molecular formula is C13H16FNO2. The fourth-order valence-electron chi connectivity index (χ4n) is 2.34. The van der Waals surface area contributed by atoms with E-state index >= 15 is 0 Å². The van der Waals surface area contributed by atoms with E-state index in [1.54, 1.807) is 12.1 Å². The Morgan fingerprint density at radius 1 is 1.29 bits per heavy atom. The van der Waals surface area contributed by atoms with Crippen LogP contribution in [-0.2, 0) is 4.79 Å². The molecule has 0 aliphatic carbocycles. The summed E-state index contributed by atoms with van der Waals surface area (Å²) in [5, 5.41) is 12.5. The summed E-state index contributed by atoms with van der Waals surface area (Å²) in [5.41, 5.74) is 0.848. The van der Waals surface area contributed by atoms with Crippen molar-refractivity contribution in [3.8, 4) is 0 Å². The molecule has 17 heavy (non-hydrogen) atoms. The van der Waals surface area contributed by atoms with Crippen LogP contribution in [0.1, 0.15) is 30.9 Å². The lowest BCUT2D eigenvalue weighted by Gasteiger charge is -2.22. The van der Waals surface area contributed by atoms with Crippen molar-refractivity contribution in [1.29, 1.82) is 0 Å². The van der Waals surface area contributed by atoms with E-state index in [0.29, 0.717) is 6.42 Å². The Kier molecular flexibility index (Phi) is 3.74. The molecule has 1 aliphatic heterocycles. The summed E-state index contributed by atoms with van der Waals surface area (Å²) in [6.45, 7) is 0.811. The van der Waals surface area contributed by atoms with Crippen LogP contribution < -0.4 is 5.32 Å². The average molecular weight is 237 g/mol. The van der Waals surface area contributed by atoms with Crippen molar-refractivity contribution < 1.29 is 14.3 Å². The first-order valence-electron chi connectivity index (χ1n) is 5.90. The Bertz CT molecular complexity index is 391. The Balaban J connectivity index is 2.25. The maximum absolute atomic E-state index is 12.9. The van der Waals surface area contributed by atoms with Crippen LogP contribution in [-0.4, -0.2) is 17.6 Å². The molecule has 1 aromatic carbocycles. The van der Waals surface area contributed by atoms with Gasteiger partial charge in [-0.05, 0) is 37.1 Å². The minimum absolute atomic E-state index is 0.212. The quantitative estimate of drug-likeness (QED) is 0.830. The van der Waals surface area contributed by atoms with E-state index < -0.39 is 11.9 Å². The van der Waals surface area contributed by atoms with Crippen LogP contribution in [0.4, 0.5) is 4.39 Å². The third kappa shape index (κ3) is 2.82. The highest BCUT2D eigenvalue weighted by Gasteiger charge is 2.30. The van der Waals surface area contributed by atoms with E-state index in [2.05, 4.69) is 5.32 Å². The lowest BCUT2D eigenvalue weighted by molar-refractivity contribution is -0.143. The van der Waals surface area contributed by atoms with Crippen LogP contribution >= 0.6 is 0 Å². The Hall–Kier alpha value is -1.42. The second-order valence-electron chi connectivity index (χ2n) is 4.42. The summed E-state index contributed by atoms with van der Waals surface area (Å²) in [4.78, 5) is 11.2. The molecule has 1 heterocycles. The van der Waals surface area contributed by atoms with Crippen LogP contribution in [0.25, 0.3) is 0 Å². The van der Waals surface area contributed by atoms with Crippen LogP contribution in [0.2, 0.25) is 0 Å². The van der Waals surface area contributed by atoms with Crippen molar-refractivity contribution in [2.75, 3.05) is 6.54 Å². The van der Waals surface area contributed by atoms with Gasteiger partial charge in [-0.15, -0.1) is 0 Å². The predicted octanol–water partition coefficient (Wildman–Crippen LogP) is 2.34. The van der Waals surface area contributed by atoms with Crippen LogP contribution in [0.3, 0.4) is 0 Å². The number of carboxylic acids is 1. The Morgan fingerprint density at radius 2 is 2.00 bits per heavy atom. The number of aliphatic carboxylic acids is 1. The molecule has 2 rings (SSSR count). The number of carboxylic acid groups (broad SMARTS) is 1. The first-order chi connectivity index (χ1) is 8.18. The smallest absolute Gasteiger partial charge is 0.308 e. The number of rotatable bonds is 2. The van der Waals surface area contributed by atoms with Gasteiger partial charge in [-0.25, -0.2) is 4.39 Å². The zero-order chi connectivity index (χ0) is 12.3. The minimum Gasteiger partial charge on any atom is -0.481 e. The molecule has 1 fully saturated rings. The molecule has 3 nitrogen and oxygen atoms in total. The first-order valence-corrected chi connectivity index (χ1v) is 5.90. The topological polar surface area (TPSA) is 49.3 Å². The number of hydrogen-bond donors (Lipinski definition) is 2. The van der Waals surface area contributed by atoms with E-state index in [0.717, 1.165) is 24.9 Å². The zero-order valence-corrected chi connectivity index (χ0v) is 9.53. The van der Waals surface area contributed by atoms with E-state index in [9.17, 15) is 14.3 Å². The largest absolute Gasteiger partial charge is 0.481 e. The van der Waals surface area contributed by atoms with Gasteiger partial charge in [-0.3, -0.25) is 4.79 Å². The van der Waals surface area contributed by atoms with Crippen molar-refractivity contribution in [1.82, 2.24) is 5.32 Å². The highest BCUT2D eigenvalue weighted by Crippen LogP contribution is 2.29. The highest BCUT2D eigenvalue weighted by atomic mass is 19.1. The molecule has 2 N–H and O–H groups in total. The van der Waals surface area contributed by atoms with Gasteiger partial charge in [-0.2, -0.15) is 0 Å². The molecule has 0 radical (unpaired) electrons. The van der Waals surface area contributed by atoms with E-state index in [1.807, 2.05) is 0 Å². The number of hydrogen-bond acceptors (Lipinski definition) is 2. The second kappa shape index (κ2) is 5.27. The number of halogens is 1. The summed E-state index contributed by atoms with van der Waals surface area (Å²) in [5.74, 6) is -1.51. The molecule has 0 unspecified atom stereocenters. The van der Waals surface area contributed by atoms with Crippen LogP contribution in [0.5, 0.6) is 0 Å². The van der Waals surface area contributed by atoms with E-state index in [-0.39, 0.29) is 11.9 Å². The van der Waals surface area contributed by atoms with Crippen molar-refractivity contribution in [2.45, 2.75) is 25.3 Å². The molecule has 0 saturated carbocycles. The Morgan fingerprint density at radius 3 is 2.65 bits per heavy atom. The van der Waals surface area contributed by atoms with Gasteiger partial charge in [0, 0.05) is 6.04 Å². The van der Waals surface area contributed by atoms with Crippen molar-refractivity contribution in [2.24, 2.45) is 5.92 Å². The van der Waals surface area contributed by atoms with Crippen LogP contribution in [0, 0.1) is 11.7 Å². The standard InChI is InChI=1S/C13H16FNO2/c14-10-6-4-9(5-7-10)12-11(13(16)17)3-1-2-8-15-12/h4-7,11-12,15H,1-3,8H2,(H,16,17)/t11-,12+/m0/s1. The van der Waals surface area contributed by atoms with Gasteiger partial charge >= 0.3 is 5.97 Å². The molecule has 1 saturated heterocycles. The van der Waals surface area contributed by atoms with Gasteiger partial charge in [0.2, 0.25) is 0 Å². The second-order valence-corrected chi connectivity index (χ2v) is 4.42. The normalized spacial score (nSPS) is 25.2. The SMILES string of the molecule is O=C(O)[C@H]1CCCCN[C@@H]1c1ccc(F)cc1. The van der Waals surface area contributed by atoms with Gasteiger partial charge in [0.05, 0.1) is 5.92 Å². The molecule has 2 atom stereocenters. The summed E-state index contributed by atoms with van der Waals surface area (Å²) < 4.78 is 12.9. The number of benzene rings is 1. The first kappa shape index (κ1) is 12.0. The molecule has 0 spiro atoms. The lowest BCUT2D eigenvalue weighted by Crippen LogP contribution is -2.31. The molecule has 1 aliphatic rings. The fraction of sp³-hybridized carbons (Fsp3) is 0.462. The van der Waals surface area contributed by atoms with Crippen molar-refractivity contribution >= 4 is 5.97 Å². The number of nitrogens with one attached hydrogen (secondary N) is 1. The molecule has 0 aromatic heterocycles. The van der Waals surface area contributed by atoms with E-state index in [1.165, 1.54) is 12.1 Å². The maximum Gasteiger partial charge on any atom is 0.308 e.